The molecule has 1 aromatic rings. The fraction of sp³-hybridized carbons (Fsp3) is 0.647. The van der Waals surface area contributed by atoms with E-state index in [0.29, 0.717) is 24.2 Å². The first kappa shape index (κ1) is 14.0. The SMILES string of the molecule is CC1CCC(CC(CNC2CC2)c2cccc(F)c2)O1. The van der Waals surface area contributed by atoms with Crippen LogP contribution in [0.4, 0.5) is 4.39 Å². The Balaban J connectivity index is 1.65. The highest BCUT2D eigenvalue weighted by Crippen LogP contribution is 2.30. The number of halogens is 1. The van der Waals surface area contributed by atoms with Crippen molar-refractivity contribution < 1.29 is 9.13 Å². The molecule has 1 aromatic carbocycles. The highest BCUT2D eigenvalue weighted by Gasteiger charge is 2.27. The molecule has 2 aliphatic rings. The first-order valence-electron chi connectivity index (χ1n) is 7.85. The minimum absolute atomic E-state index is 0.139. The zero-order chi connectivity index (χ0) is 13.9. The van der Waals surface area contributed by atoms with Gasteiger partial charge in [-0.1, -0.05) is 12.1 Å². The Morgan fingerprint density at radius 1 is 1.30 bits per heavy atom. The van der Waals surface area contributed by atoms with E-state index in [2.05, 4.69) is 12.2 Å². The number of hydrogen-bond acceptors (Lipinski definition) is 2. The van der Waals surface area contributed by atoms with Gasteiger partial charge in [0.2, 0.25) is 0 Å². The summed E-state index contributed by atoms with van der Waals surface area (Å²) >= 11 is 0. The Labute approximate surface area is 120 Å². The van der Waals surface area contributed by atoms with Crippen LogP contribution < -0.4 is 5.32 Å². The van der Waals surface area contributed by atoms with Gasteiger partial charge in [0.05, 0.1) is 12.2 Å². The number of nitrogens with one attached hydrogen (secondary N) is 1. The van der Waals surface area contributed by atoms with Crippen LogP contribution in [0.1, 0.15) is 50.5 Å². The Bertz CT molecular complexity index is 446. The van der Waals surface area contributed by atoms with Gasteiger partial charge in [-0.25, -0.2) is 4.39 Å². The van der Waals surface area contributed by atoms with Gasteiger partial charge in [-0.15, -0.1) is 0 Å². The van der Waals surface area contributed by atoms with Crippen LogP contribution in [0.2, 0.25) is 0 Å². The van der Waals surface area contributed by atoms with E-state index in [1.54, 1.807) is 6.07 Å². The third kappa shape index (κ3) is 3.80. The van der Waals surface area contributed by atoms with Gasteiger partial charge in [-0.3, -0.25) is 0 Å². The molecule has 0 amide bonds. The quantitative estimate of drug-likeness (QED) is 0.857. The minimum Gasteiger partial charge on any atom is -0.375 e. The van der Waals surface area contributed by atoms with Crippen molar-refractivity contribution >= 4 is 0 Å². The Morgan fingerprint density at radius 2 is 2.15 bits per heavy atom. The van der Waals surface area contributed by atoms with Crippen molar-refractivity contribution in [1.29, 1.82) is 0 Å². The van der Waals surface area contributed by atoms with Gasteiger partial charge >= 0.3 is 0 Å². The second kappa shape index (κ2) is 6.23. The molecule has 1 N–H and O–H groups in total. The molecule has 3 rings (SSSR count). The summed E-state index contributed by atoms with van der Waals surface area (Å²) in [5.41, 5.74) is 1.10. The molecule has 0 aromatic heterocycles. The monoisotopic (exact) mass is 277 g/mol. The standard InChI is InChI=1S/C17H24FNO/c1-12-5-8-17(20-12)10-14(11-19-16-6-7-16)13-3-2-4-15(18)9-13/h2-4,9,12,14,16-17,19H,5-8,10-11H2,1H3. The zero-order valence-electron chi connectivity index (χ0n) is 12.1. The van der Waals surface area contributed by atoms with Gasteiger partial charge in [0, 0.05) is 12.6 Å². The Morgan fingerprint density at radius 3 is 2.80 bits per heavy atom. The normalized spacial score (nSPS) is 27.7. The van der Waals surface area contributed by atoms with Crippen LogP contribution in [0.15, 0.2) is 24.3 Å². The minimum atomic E-state index is -0.139. The molecule has 0 bridgehead atoms. The van der Waals surface area contributed by atoms with Gasteiger partial charge in [-0.05, 0) is 62.6 Å². The molecule has 20 heavy (non-hydrogen) atoms. The van der Waals surface area contributed by atoms with Gasteiger partial charge in [0.15, 0.2) is 0 Å². The molecule has 3 atom stereocenters. The second-order valence-electron chi connectivity index (χ2n) is 6.32. The molecule has 3 heteroatoms. The highest BCUT2D eigenvalue weighted by molar-refractivity contribution is 5.21. The van der Waals surface area contributed by atoms with E-state index in [9.17, 15) is 4.39 Å². The van der Waals surface area contributed by atoms with E-state index in [4.69, 9.17) is 4.74 Å². The number of hydrogen-bond donors (Lipinski definition) is 1. The predicted octanol–water partition coefficient (Wildman–Crippen LogP) is 3.62. The summed E-state index contributed by atoms with van der Waals surface area (Å²) in [4.78, 5) is 0. The van der Waals surface area contributed by atoms with Crippen molar-refractivity contribution in [3.63, 3.8) is 0 Å². The van der Waals surface area contributed by atoms with Crippen molar-refractivity contribution in [2.75, 3.05) is 6.54 Å². The average molecular weight is 277 g/mol. The molecule has 2 nitrogen and oxygen atoms in total. The Hall–Kier alpha value is -0.930. The fourth-order valence-corrected chi connectivity index (χ4v) is 3.07. The molecule has 2 fully saturated rings. The van der Waals surface area contributed by atoms with Crippen LogP contribution in [0.25, 0.3) is 0 Å². The molecule has 1 saturated carbocycles. The zero-order valence-corrected chi connectivity index (χ0v) is 12.1. The summed E-state index contributed by atoms with van der Waals surface area (Å²) in [5.74, 6) is 0.209. The van der Waals surface area contributed by atoms with Gasteiger partial charge in [0.1, 0.15) is 5.82 Å². The van der Waals surface area contributed by atoms with E-state index >= 15 is 0 Å². The van der Waals surface area contributed by atoms with Crippen LogP contribution in [-0.2, 0) is 4.74 Å². The topological polar surface area (TPSA) is 21.3 Å². The van der Waals surface area contributed by atoms with E-state index < -0.39 is 0 Å². The van der Waals surface area contributed by atoms with Crippen LogP contribution in [-0.4, -0.2) is 24.8 Å². The first-order chi connectivity index (χ1) is 9.70. The molecule has 0 spiro atoms. The van der Waals surface area contributed by atoms with Crippen LogP contribution >= 0.6 is 0 Å². The highest BCUT2D eigenvalue weighted by atomic mass is 19.1. The Kier molecular flexibility index (Phi) is 4.37. The maximum atomic E-state index is 13.5. The molecule has 1 aliphatic carbocycles. The van der Waals surface area contributed by atoms with E-state index in [-0.39, 0.29) is 5.82 Å². The third-order valence-corrected chi connectivity index (χ3v) is 4.42. The first-order valence-corrected chi connectivity index (χ1v) is 7.85. The molecule has 110 valence electrons. The van der Waals surface area contributed by atoms with E-state index in [0.717, 1.165) is 31.4 Å². The largest absolute Gasteiger partial charge is 0.375 e. The predicted molar refractivity (Wildman–Crippen MR) is 78.4 cm³/mol. The van der Waals surface area contributed by atoms with Crippen LogP contribution in [0.3, 0.4) is 0 Å². The van der Waals surface area contributed by atoms with E-state index in [1.807, 2.05) is 12.1 Å². The summed E-state index contributed by atoms with van der Waals surface area (Å²) in [6, 6.07) is 7.74. The van der Waals surface area contributed by atoms with E-state index in [1.165, 1.54) is 18.9 Å². The van der Waals surface area contributed by atoms with Crippen molar-refractivity contribution in [3.8, 4) is 0 Å². The molecule has 1 aliphatic heterocycles. The lowest BCUT2D eigenvalue weighted by atomic mass is 9.92. The summed E-state index contributed by atoms with van der Waals surface area (Å²) in [7, 11) is 0. The molecular formula is C17H24FNO. The van der Waals surface area contributed by atoms with Crippen LogP contribution in [0.5, 0.6) is 0 Å². The summed E-state index contributed by atoms with van der Waals surface area (Å²) in [6.07, 6.45) is 6.56. The number of rotatable bonds is 6. The lowest BCUT2D eigenvalue weighted by Gasteiger charge is -2.22. The molecule has 1 heterocycles. The fourth-order valence-electron chi connectivity index (χ4n) is 3.07. The maximum absolute atomic E-state index is 13.5. The average Bonchev–Trinajstić information content (AvgIpc) is 3.17. The molecule has 0 radical (unpaired) electrons. The summed E-state index contributed by atoms with van der Waals surface area (Å²) < 4.78 is 19.4. The number of benzene rings is 1. The summed E-state index contributed by atoms with van der Waals surface area (Å²) in [5, 5.41) is 3.58. The molecular weight excluding hydrogens is 253 g/mol. The van der Waals surface area contributed by atoms with Crippen molar-refractivity contribution in [1.82, 2.24) is 5.32 Å². The lowest BCUT2D eigenvalue weighted by Crippen LogP contribution is -2.26. The van der Waals surface area contributed by atoms with Crippen molar-refractivity contribution in [3.05, 3.63) is 35.6 Å². The smallest absolute Gasteiger partial charge is 0.123 e. The second-order valence-corrected chi connectivity index (χ2v) is 6.32. The lowest BCUT2D eigenvalue weighted by molar-refractivity contribution is 0.0465. The van der Waals surface area contributed by atoms with Crippen molar-refractivity contribution in [2.24, 2.45) is 0 Å². The summed E-state index contributed by atoms with van der Waals surface area (Å²) in [6.45, 7) is 3.07. The van der Waals surface area contributed by atoms with Crippen LogP contribution in [0, 0.1) is 5.82 Å². The maximum Gasteiger partial charge on any atom is 0.123 e. The molecule has 3 unspecified atom stereocenters. The van der Waals surface area contributed by atoms with Crippen molar-refractivity contribution in [2.45, 2.75) is 63.2 Å². The van der Waals surface area contributed by atoms with Gasteiger partial charge in [-0.2, -0.15) is 0 Å². The van der Waals surface area contributed by atoms with Gasteiger partial charge in [0.25, 0.3) is 0 Å². The molecule has 1 saturated heterocycles. The van der Waals surface area contributed by atoms with Gasteiger partial charge < -0.3 is 10.1 Å². The number of ether oxygens (including phenoxy) is 1. The third-order valence-electron chi connectivity index (χ3n) is 4.42.